The molecule has 0 aliphatic rings. The molecule has 2 aromatic rings. The summed E-state index contributed by atoms with van der Waals surface area (Å²) < 4.78 is 31.7. The largest absolute Gasteiger partial charge is 0.508 e. The zero-order chi connectivity index (χ0) is 15.4. The van der Waals surface area contributed by atoms with E-state index in [9.17, 15) is 13.9 Å². The summed E-state index contributed by atoms with van der Waals surface area (Å²) in [5.74, 6) is -0.382. The van der Waals surface area contributed by atoms with Crippen LogP contribution < -0.4 is 10.1 Å². The smallest absolute Gasteiger partial charge is 0.127 e. The van der Waals surface area contributed by atoms with Crippen LogP contribution in [0.15, 0.2) is 36.4 Å². The van der Waals surface area contributed by atoms with Crippen molar-refractivity contribution in [2.45, 2.75) is 19.5 Å². The normalized spacial score (nSPS) is 12.2. The number of nitrogens with one attached hydrogen (secondary N) is 1. The lowest BCUT2D eigenvalue weighted by molar-refractivity contribution is 0.399. The third-order valence-electron chi connectivity index (χ3n) is 3.21. The molecule has 0 aromatic heterocycles. The van der Waals surface area contributed by atoms with E-state index >= 15 is 0 Å². The van der Waals surface area contributed by atoms with Gasteiger partial charge >= 0.3 is 0 Å². The van der Waals surface area contributed by atoms with Crippen molar-refractivity contribution in [3.63, 3.8) is 0 Å². The van der Waals surface area contributed by atoms with Gasteiger partial charge in [-0.2, -0.15) is 0 Å². The van der Waals surface area contributed by atoms with E-state index in [-0.39, 0.29) is 17.6 Å². The molecule has 1 unspecified atom stereocenters. The van der Waals surface area contributed by atoms with Crippen LogP contribution in [0.5, 0.6) is 11.5 Å². The van der Waals surface area contributed by atoms with E-state index in [1.54, 1.807) is 6.07 Å². The number of phenols is 1. The number of hydrogen-bond donors (Lipinski definition) is 2. The molecule has 0 aliphatic carbocycles. The first-order valence-electron chi connectivity index (χ1n) is 6.55. The summed E-state index contributed by atoms with van der Waals surface area (Å²) in [6, 6.07) is 7.97. The van der Waals surface area contributed by atoms with Crippen LogP contribution >= 0.6 is 0 Å². The highest BCUT2D eigenvalue weighted by molar-refractivity contribution is 5.36. The minimum absolute atomic E-state index is 0.122. The molecule has 0 saturated heterocycles. The second-order valence-corrected chi connectivity index (χ2v) is 4.81. The van der Waals surface area contributed by atoms with Crippen molar-refractivity contribution in [2.24, 2.45) is 0 Å². The predicted octanol–water partition coefficient (Wildman–Crippen LogP) is 3.53. The van der Waals surface area contributed by atoms with Crippen molar-refractivity contribution in [1.29, 1.82) is 0 Å². The molecule has 5 heteroatoms. The van der Waals surface area contributed by atoms with Crippen LogP contribution in [0.25, 0.3) is 0 Å². The molecule has 0 bridgehead atoms. The Morgan fingerprint density at radius 3 is 2.57 bits per heavy atom. The van der Waals surface area contributed by atoms with Crippen LogP contribution in [0.2, 0.25) is 0 Å². The van der Waals surface area contributed by atoms with Gasteiger partial charge in [-0.1, -0.05) is 0 Å². The Morgan fingerprint density at radius 1 is 1.14 bits per heavy atom. The lowest BCUT2D eigenvalue weighted by atomic mass is 10.1. The van der Waals surface area contributed by atoms with Gasteiger partial charge < -0.3 is 15.2 Å². The topological polar surface area (TPSA) is 41.5 Å². The number of aromatic hydroxyl groups is 1. The third kappa shape index (κ3) is 3.92. The van der Waals surface area contributed by atoms with E-state index < -0.39 is 5.82 Å². The van der Waals surface area contributed by atoms with Crippen molar-refractivity contribution in [2.75, 3.05) is 7.11 Å². The number of halogens is 2. The van der Waals surface area contributed by atoms with Gasteiger partial charge in [0, 0.05) is 24.2 Å². The van der Waals surface area contributed by atoms with Crippen LogP contribution in [0, 0.1) is 11.6 Å². The SMILES string of the molecule is COc1ccc(F)cc1C(C)NCc1cc(O)cc(F)c1. The Balaban J connectivity index is 2.11. The molecule has 21 heavy (non-hydrogen) atoms. The number of rotatable bonds is 5. The molecule has 0 saturated carbocycles. The molecular weight excluding hydrogens is 276 g/mol. The highest BCUT2D eigenvalue weighted by Crippen LogP contribution is 2.26. The van der Waals surface area contributed by atoms with Crippen LogP contribution in [0.1, 0.15) is 24.1 Å². The van der Waals surface area contributed by atoms with Crippen molar-refractivity contribution in [3.05, 3.63) is 59.2 Å². The first kappa shape index (κ1) is 15.3. The lowest BCUT2D eigenvalue weighted by Gasteiger charge is -2.17. The Bertz CT molecular complexity index is 611. The van der Waals surface area contributed by atoms with Crippen LogP contribution in [-0.2, 0) is 6.54 Å². The minimum Gasteiger partial charge on any atom is -0.508 e. The Kier molecular flexibility index (Phi) is 4.75. The molecule has 0 fully saturated rings. The molecule has 0 heterocycles. The van der Waals surface area contributed by atoms with Crippen molar-refractivity contribution >= 4 is 0 Å². The molecule has 0 spiro atoms. The highest BCUT2D eigenvalue weighted by atomic mass is 19.1. The monoisotopic (exact) mass is 293 g/mol. The van der Waals surface area contributed by atoms with E-state index in [1.807, 2.05) is 6.92 Å². The van der Waals surface area contributed by atoms with Gasteiger partial charge in [0.2, 0.25) is 0 Å². The Hall–Kier alpha value is -2.14. The average molecular weight is 293 g/mol. The molecule has 0 aliphatic heterocycles. The van der Waals surface area contributed by atoms with E-state index in [0.29, 0.717) is 23.4 Å². The van der Waals surface area contributed by atoms with Gasteiger partial charge in [0.15, 0.2) is 0 Å². The number of methoxy groups -OCH3 is 1. The van der Waals surface area contributed by atoms with Gasteiger partial charge in [-0.25, -0.2) is 8.78 Å². The number of hydrogen-bond acceptors (Lipinski definition) is 3. The second kappa shape index (κ2) is 6.54. The first-order chi connectivity index (χ1) is 9.99. The molecule has 0 amide bonds. The fraction of sp³-hybridized carbons (Fsp3) is 0.250. The first-order valence-corrected chi connectivity index (χ1v) is 6.55. The molecule has 2 aromatic carbocycles. The lowest BCUT2D eigenvalue weighted by Crippen LogP contribution is -2.19. The standard InChI is InChI=1S/C16H17F2NO2/c1-10(15-8-12(17)3-4-16(15)21-2)19-9-11-5-13(18)7-14(20)6-11/h3-8,10,19-20H,9H2,1-2H3. The van der Waals surface area contributed by atoms with Crippen LogP contribution in [0.4, 0.5) is 8.78 Å². The van der Waals surface area contributed by atoms with Crippen LogP contribution in [0.3, 0.4) is 0 Å². The van der Waals surface area contributed by atoms with Gasteiger partial charge in [-0.15, -0.1) is 0 Å². The van der Waals surface area contributed by atoms with Crippen molar-refractivity contribution < 1.29 is 18.6 Å². The maximum absolute atomic E-state index is 13.3. The fourth-order valence-electron chi connectivity index (χ4n) is 2.16. The van der Waals surface area contributed by atoms with E-state index in [4.69, 9.17) is 4.74 Å². The highest BCUT2D eigenvalue weighted by Gasteiger charge is 2.12. The maximum atomic E-state index is 13.3. The zero-order valence-corrected chi connectivity index (χ0v) is 11.9. The second-order valence-electron chi connectivity index (χ2n) is 4.81. The fourth-order valence-corrected chi connectivity index (χ4v) is 2.16. The summed E-state index contributed by atoms with van der Waals surface area (Å²) >= 11 is 0. The summed E-state index contributed by atoms with van der Waals surface area (Å²) in [6.45, 7) is 2.20. The van der Waals surface area contributed by atoms with E-state index in [0.717, 1.165) is 6.07 Å². The summed E-state index contributed by atoms with van der Waals surface area (Å²) in [7, 11) is 1.52. The molecule has 2 N–H and O–H groups in total. The zero-order valence-electron chi connectivity index (χ0n) is 11.9. The predicted molar refractivity (Wildman–Crippen MR) is 76.3 cm³/mol. The molecule has 0 radical (unpaired) electrons. The Morgan fingerprint density at radius 2 is 1.90 bits per heavy atom. The number of benzene rings is 2. The molecule has 2 rings (SSSR count). The summed E-state index contributed by atoms with van der Waals surface area (Å²) in [5.41, 5.74) is 1.29. The average Bonchev–Trinajstić information content (AvgIpc) is 2.43. The third-order valence-corrected chi connectivity index (χ3v) is 3.21. The molecule has 112 valence electrons. The molecule has 3 nitrogen and oxygen atoms in total. The minimum atomic E-state index is -0.497. The van der Waals surface area contributed by atoms with E-state index in [2.05, 4.69) is 5.32 Å². The van der Waals surface area contributed by atoms with E-state index in [1.165, 1.54) is 31.4 Å². The summed E-state index contributed by atoms with van der Waals surface area (Å²) in [5, 5.41) is 12.5. The van der Waals surface area contributed by atoms with Gasteiger partial charge in [0.25, 0.3) is 0 Å². The van der Waals surface area contributed by atoms with Crippen LogP contribution in [-0.4, -0.2) is 12.2 Å². The quantitative estimate of drug-likeness (QED) is 0.886. The molecular formula is C16H17F2NO2. The van der Waals surface area contributed by atoms with Gasteiger partial charge in [0.05, 0.1) is 7.11 Å². The number of phenolic OH excluding ortho intramolecular Hbond substituents is 1. The maximum Gasteiger partial charge on any atom is 0.127 e. The van der Waals surface area contributed by atoms with Gasteiger partial charge in [-0.3, -0.25) is 0 Å². The van der Waals surface area contributed by atoms with Gasteiger partial charge in [-0.05, 0) is 42.8 Å². The number of ether oxygens (including phenoxy) is 1. The summed E-state index contributed by atoms with van der Waals surface area (Å²) in [4.78, 5) is 0. The summed E-state index contributed by atoms with van der Waals surface area (Å²) in [6.07, 6.45) is 0. The van der Waals surface area contributed by atoms with Crippen molar-refractivity contribution in [1.82, 2.24) is 5.32 Å². The van der Waals surface area contributed by atoms with Crippen molar-refractivity contribution in [3.8, 4) is 11.5 Å². The Labute approximate surface area is 122 Å². The molecule has 1 atom stereocenters. The van der Waals surface area contributed by atoms with Gasteiger partial charge in [0.1, 0.15) is 23.1 Å².